The SMILES string of the molecule is CCNC(=NCc1ccc(OCCCN(C)C)cc1)NCCc1cccs1. The van der Waals surface area contributed by atoms with E-state index in [4.69, 9.17) is 4.74 Å². The van der Waals surface area contributed by atoms with Crippen molar-refractivity contribution in [1.29, 1.82) is 0 Å². The van der Waals surface area contributed by atoms with Crippen LogP contribution in [-0.4, -0.2) is 51.2 Å². The molecule has 1 heterocycles. The standard InChI is InChI=1S/C21H32N4OS/c1-4-22-21(23-13-12-20-7-5-16-27-20)24-17-18-8-10-19(11-9-18)26-15-6-14-25(2)3/h5,7-11,16H,4,6,12-15,17H2,1-3H3,(H2,22,23,24). The van der Waals surface area contributed by atoms with E-state index in [1.54, 1.807) is 11.3 Å². The Morgan fingerprint density at radius 2 is 1.96 bits per heavy atom. The molecule has 0 fully saturated rings. The summed E-state index contributed by atoms with van der Waals surface area (Å²) >= 11 is 1.79. The summed E-state index contributed by atoms with van der Waals surface area (Å²) in [5.41, 5.74) is 1.17. The van der Waals surface area contributed by atoms with Gasteiger partial charge >= 0.3 is 0 Å². The lowest BCUT2D eigenvalue weighted by Crippen LogP contribution is -2.38. The number of benzene rings is 1. The topological polar surface area (TPSA) is 48.9 Å². The lowest BCUT2D eigenvalue weighted by atomic mass is 10.2. The quantitative estimate of drug-likeness (QED) is 0.352. The molecule has 27 heavy (non-hydrogen) atoms. The zero-order chi connectivity index (χ0) is 19.3. The summed E-state index contributed by atoms with van der Waals surface area (Å²) in [4.78, 5) is 8.23. The molecule has 0 saturated heterocycles. The minimum absolute atomic E-state index is 0.648. The Labute approximate surface area is 167 Å². The zero-order valence-electron chi connectivity index (χ0n) is 16.7. The Balaban J connectivity index is 1.76. The average Bonchev–Trinajstić information content (AvgIpc) is 3.17. The molecule has 0 aliphatic rings. The normalized spacial score (nSPS) is 11.6. The summed E-state index contributed by atoms with van der Waals surface area (Å²) in [6.07, 6.45) is 2.05. The summed E-state index contributed by atoms with van der Waals surface area (Å²) in [5.74, 6) is 1.78. The molecule has 0 saturated carbocycles. The second kappa shape index (κ2) is 12.4. The first-order valence-corrected chi connectivity index (χ1v) is 10.5. The molecule has 2 N–H and O–H groups in total. The van der Waals surface area contributed by atoms with Crippen LogP contribution in [0, 0.1) is 0 Å². The number of guanidine groups is 1. The van der Waals surface area contributed by atoms with Gasteiger partial charge in [0.05, 0.1) is 13.2 Å². The number of thiophene rings is 1. The maximum atomic E-state index is 5.78. The third-order valence-corrected chi connectivity index (χ3v) is 4.89. The molecule has 0 atom stereocenters. The Morgan fingerprint density at radius 3 is 2.63 bits per heavy atom. The number of hydrogen-bond acceptors (Lipinski definition) is 4. The van der Waals surface area contributed by atoms with Gasteiger partial charge in [0.25, 0.3) is 0 Å². The maximum Gasteiger partial charge on any atom is 0.191 e. The average molecular weight is 389 g/mol. The van der Waals surface area contributed by atoms with Gasteiger partial charge in [0, 0.05) is 24.5 Å². The molecule has 0 aliphatic carbocycles. The van der Waals surface area contributed by atoms with Crippen LogP contribution in [0.25, 0.3) is 0 Å². The highest BCUT2D eigenvalue weighted by molar-refractivity contribution is 7.09. The maximum absolute atomic E-state index is 5.78. The Morgan fingerprint density at radius 1 is 1.15 bits per heavy atom. The molecule has 0 radical (unpaired) electrons. The molecule has 148 valence electrons. The molecule has 0 amide bonds. The number of nitrogens with one attached hydrogen (secondary N) is 2. The van der Waals surface area contributed by atoms with Gasteiger partial charge in [0.1, 0.15) is 5.75 Å². The van der Waals surface area contributed by atoms with Crippen LogP contribution in [0.15, 0.2) is 46.8 Å². The monoisotopic (exact) mass is 388 g/mol. The number of nitrogens with zero attached hydrogens (tertiary/aromatic N) is 2. The second-order valence-corrected chi connectivity index (χ2v) is 7.63. The van der Waals surface area contributed by atoms with Crippen LogP contribution in [0.1, 0.15) is 23.8 Å². The summed E-state index contributed by atoms with van der Waals surface area (Å²) in [7, 11) is 4.15. The number of aliphatic imine (C=N–C) groups is 1. The van der Waals surface area contributed by atoms with Gasteiger partial charge in [-0.3, -0.25) is 0 Å². The van der Waals surface area contributed by atoms with E-state index < -0.39 is 0 Å². The number of ether oxygens (including phenoxy) is 1. The van der Waals surface area contributed by atoms with Crippen LogP contribution in [0.4, 0.5) is 0 Å². The number of rotatable bonds is 11. The van der Waals surface area contributed by atoms with E-state index in [0.29, 0.717) is 6.54 Å². The fourth-order valence-corrected chi connectivity index (χ4v) is 3.24. The van der Waals surface area contributed by atoms with Crippen molar-refractivity contribution in [2.75, 3.05) is 40.3 Å². The van der Waals surface area contributed by atoms with Crippen molar-refractivity contribution in [3.63, 3.8) is 0 Å². The number of hydrogen-bond donors (Lipinski definition) is 2. The van der Waals surface area contributed by atoms with Crippen LogP contribution < -0.4 is 15.4 Å². The van der Waals surface area contributed by atoms with Crippen LogP contribution in [0.2, 0.25) is 0 Å². The van der Waals surface area contributed by atoms with Gasteiger partial charge in [0.15, 0.2) is 5.96 Å². The molecule has 0 spiro atoms. The van der Waals surface area contributed by atoms with Crippen LogP contribution in [0.5, 0.6) is 5.75 Å². The largest absolute Gasteiger partial charge is 0.494 e. The molecule has 6 heteroatoms. The minimum atomic E-state index is 0.648. The second-order valence-electron chi connectivity index (χ2n) is 6.60. The van der Waals surface area contributed by atoms with Crippen LogP contribution in [-0.2, 0) is 13.0 Å². The zero-order valence-corrected chi connectivity index (χ0v) is 17.5. The molecular formula is C21H32N4OS. The molecule has 2 aromatic rings. The van der Waals surface area contributed by atoms with Gasteiger partial charge in [-0.05, 0) is 63.0 Å². The first-order chi connectivity index (χ1) is 13.2. The van der Waals surface area contributed by atoms with Gasteiger partial charge in [-0.1, -0.05) is 18.2 Å². The third kappa shape index (κ3) is 8.93. The molecule has 0 bridgehead atoms. The van der Waals surface area contributed by atoms with Crippen molar-refractivity contribution in [1.82, 2.24) is 15.5 Å². The van der Waals surface area contributed by atoms with Gasteiger partial charge in [-0.15, -0.1) is 11.3 Å². The molecule has 5 nitrogen and oxygen atoms in total. The van der Waals surface area contributed by atoms with Crippen LogP contribution in [0.3, 0.4) is 0 Å². The highest BCUT2D eigenvalue weighted by Gasteiger charge is 2.00. The fraction of sp³-hybridized carbons (Fsp3) is 0.476. The molecular weight excluding hydrogens is 356 g/mol. The van der Waals surface area contributed by atoms with Gasteiger partial charge < -0.3 is 20.3 Å². The summed E-state index contributed by atoms with van der Waals surface area (Å²) in [6, 6.07) is 12.5. The van der Waals surface area contributed by atoms with Crippen molar-refractivity contribution in [3.8, 4) is 5.75 Å². The third-order valence-electron chi connectivity index (χ3n) is 3.95. The summed E-state index contributed by atoms with van der Waals surface area (Å²) < 4.78 is 5.78. The van der Waals surface area contributed by atoms with E-state index >= 15 is 0 Å². The van der Waals surface area contributed by atoms with E-state index in [1.165, 1.54) is 10.4 Å². The van der Waals surface area contributed by atoms with Crippen molar-refractivity contribution in [2.45, 2.75) is 26.3 Å². The minimum Gasteiger partial charge on any atom is -0.494 e. The molecule has 1 aromatic heterocycles. The lowest BCUT2D eigenvalue weighted by molar-refractivity contribution is 0.281. The molecule has 1 aromatic carbocycles. The van der Waals surface area contributed by atoms with E-state index in [-0.39, 0.29) is 0 Å². The van der Waals surface area contributed by atoms with Gasteiger partial charge in [-0.25, -0.2) is 4.99 Å². The summed E-state index contributed by atoms with van der Waals surface area (Å²) in [6.45, 7) is 6.25. The Kier molecular flexibility index (Phi) is 9.73. The highest BCUT2D eigenvalue weighted by atomic mass is 32.1. The predicted molar refractivity (Wildman–Crippen MR) is 116 cm³/mol. The first-order valence-electron chi connectivity index (χ1n) is 9.58. The van der Waals surface area contributed by atoms with E-state index in [2.05, 4.69) is 71.2 Å². The van der Waals surface area contributed by atoms with E-state index in [1.807, 2.05) is 12.1 Å². The molecule has 0 unspecified atom stereocenters. The first kappa shape index (κ1) is 21.3. The van der Waals surface area contributed by atoms with E-state index in [0.717, 1.165) is 50.8 Å². The van der Waals surface area contributed by atoms with Crippen molar-refractivity contribution in [3.05, 3.63) is 52.2 Å². The van der Waals surface area contributed by atoms with Crippen LogP contribution >= 0.6 is 11.3 Å². The van der Waals surface area contributed by atoms with Crippen molar-refractivity contribution in [2.24, 2.45) is 4.99 Å². The Hall–Kier alpha value is -2.05. The molecule has 0 aliphatic heterocycles. The fourth-order valence-electron chi connectivity index (χ4n) is 2.53. The Bertz CT molecular complexity index is 653. The summed E-state index contributed by atoms with van der Waals surface area (Å²) in [5, 5.41) is 8.82. The smallest absolute Gasteiger partial charge is 0.191 e. The highest BCUT2D eigenvalue weighted by Crippen LogP contribution is 2.13. The van der Waals surface area contributed by atoms with E-state index in [9.17, 15) is 0 Å². The van der Waals surface area contributed by atoms with Crippen molar-refractivity contribution < 1.29 is 4.74 Å². The van der Waals surface area contributed by atoms with Gasteiger partial charge in [0.2, 0.25) is 0 Å². The molecule has 2 rings (SSSR count). The van der Waals surface area contributed by atoms with Gasteiger partial charge in [-0.2, -0.15) is 0 Å². The predicted octanol–water partition coefficient (Wildman–Crippen LogP) is 3.38. The lowest BCUT2D eigenvalue weighted by Gasteiger charge is -2.11. The van der Waals surface area contributed by atoms with Crippen molar-refractivity contribution >= 4 is 17.3 Å².